The van der Waals surface area contributed by atoms with Gasteiger partial charge in [-0.05, 0) is 43.9 Å². The Morgan fingerprint density at radius 3 is 2.15 bits per heavy atom. The van der Waals surface area contributed by atoms with Crippen molar-refractivity contribution < 1.29 is 28.5 Å². The number of esters is 1. The van der Waals surface area contributed by atoms with Crippen molar-refractivity contribution in [3.8, 4) is 17.2 Å². The predicted octanol–water partition coefficient (Wildman–Crippen LogP) is 2.49. The molecule has 0 aliphatic rings. The van der Waals surface area contributed by atoms with Gasteiger partial charge >= 0.3 is 5.97 Å². The summed E-state index contributed by atoms with van der Waals surface area (Å²) in [6.07, 6.45) is 2.75. The van der Waals surface area contributed by atoms with E-state index >= 15 is 0 Å². The zero-order valence-electron chi connectivity index (χ0n) is 16.1. The summed E-state index contributed by atoms with van der Waals surface area (Å²) >= 11 is 0. The van der Waals surface area contributed by atoms with E-state index in [1.807, 2.05) is 12.1 Å². The average molecular weight is 367 g/mol. The highest BCUT2D eigenvalue weighted by Gasteiger charge is 2.13. The molecule has 0 aliphatic carbocycles. The zero-order valence-corrected chi connectivity index (χ0v) is 16.1. The lowest BCUT2D eigenvalue weighted by Crippen LogP contribution is -2.24. The summed E-state index contributed by atoms with van der Waals surface area (Å²) in [5.74, 6) is 1.45. The number of carbonyl (C=O) groups excluding carboxylic acids is 2. The minimum Gasteiger partial charge on any atom is -0.493 e. The van der Waals surface area contributed by atoms with Crippen LogP contribution in [-0.2, 0) is 20.7 Å². The molecular weight excluding hydrogens is 338 g/mol. The molecule has 0 radical (unpaired) electrons. The Hall–Kier alpha value is -2.44. The molecule has 0 bridgehead atoms. The van der Waals surface area contributed by atoms with Crippen LogP contribution >= 0.6 is 0 Å². The molecule has 0 aliphatic heterocycles. The second-order valence-electron chi connectivity index (χ2n) is 5.65. The quantitative estimate of drug-likeness (QED) is 0.451. The van der Waals surface area contributed by atoms with Gasteiger partial charge in [-0.25, -0.2) is 0 Å². The molecule has 146 valence electrons. The molecule has 1 rings (SSSR count). The smallest absolute Gasteiger partial charge is 0.305 e. The van der Waals surface area contributed by atoms with E-state index in [0.29, 0.717) is 56.1 Å². The summed E-state index contributed by atoms with van der Waals surface area (Å²) in [5.41, 5.74) is 0.928. The number of unbranched alkanes of at least 4 members (excludes halogenated alkanes) is 1. The number of rotatable bonds is 12. The third-order valence-corrected chi connectivity index (χ3v) is 3.80. The molecule has 0 atom stereocenters. The highest BCUT2D eigenvalue weighted by atomic mass is 16.5. The monoisotopic (exact) mass is 367 g/mol. The molecule has 7 nitrogen and oxygen atoms in total. The van der Waals surface area contributed by atoms with Crippen LogP contribution in [0.4, 0.5) is 0 Å². The highest BCUT2D eigenvalue weighted by molar-refractivity contribution is 5.76. The molecule has 0 unspecified atom stereocenters. The van der Waals surface area contributed by atoms with Crippen molar-refractivity contribution in [2.24, 2.45) is 0 Å². The van der Waals surface area contributed by atoms with E-state index in [9.17, 15) is 9.59 Å². The van der Waals surface area contributed by atoms with Crippen LogP contribution in [0.3, 0.4) is 0 Å². The average Bonchev–Trinajstić information content (AvgIpc) is 2.65. The van der Waals surface area contributed by atoms with Crippen LogP contribution in [0.2, 0.25) is 0 Å². The second-order valence-corrected chi connectivity index (χ2v) is 5.65. The predicted molar refractivity (Wildman–Crippen MR) is 97.9 cm³/mol. The van der Waals surface area contributed by atoms with Crippen LogP contribution in [0.25, 0.3) is 0 Å². The fourth-order valence-corrected chi connectivity index (χ4v) is 2.48. The Balaban J connectivity index is 2.39. The molecular formula is C19H29NO6. The van der Waals surface area contributed by atoms with E-state index in [-0.39, 0.29) is 11.9 Å². The minimum absolute atomic E-state index is 0.0325. The van der Waals surface area contributed by atoms with Crippen LogP contribution in [0, 0.1) is 0 Å². The molecule has 0 aromatic heterocycles. The van der Waals surface area contributed by atoms with Crippen LogP contribution in [0.5, 0.6) is 17.2 Å². The van der Waals surface area contributed by atoms with Crippen molar-refractivity contribution >= 4 is 11.9 Å². The number of ether oxygens (including phenoxy) is 4. The summed E-state index contributed by atoms with van der Waals surface area (Å²) in [5, 5.41) is 2.86. The molecule has 0 fully saturated rings. The molecule has 1 aromatic rings. The molecule has 0 saturated heterocycles. The van der Waals surface area contributed by atoms with Gasteiger partial charge in [-0.2, -0.15) is 0 Å². The summed E-state index contributed by atoms with van der Waals surface area (Å²) in [6, 6.07) is 3.68. The van der Waals surface area contributed by atoms with Crippen LogP contribution < -0.4 is 19.5 Å². The van der Waals surface area contributed by atoms with Gasteiger partial charge in [-0.3, -0.25) is 9.59 Å². The minimum atomic E-state index is -0.193. The maximum atomic E-state index is 12.0. The van der Waals surface area contributed by atoms with E-state index in [4.69, 9.17) is 18.9 Å². The van der Waals surface area contributed by atoms with Gasteiger partial charge in [-0.15, -0.1) is 0 Å². The van der Waals surface area contributed by atoms with E-state index in [1.165, 1.54) is 0 Å². The van der Waals surface area contributed by atoms with Crippen molar-refractivity contribution in [3.05, 3.63) is 17.7 Å². The van der Waals surface area contributed by atoms with Crippen molar-refractivity contribution in [1.82, 2.24) is 5.32 Å². The number of benzene rings is 1. The summed E-state index contributed by atoms with van der Waals surface area (Å²) in [6.45, 7) is 2.73. The van der Waals surface area contributed by atoms with Gasteiger partial charge in [0.25, 0.3) is 0 Å². The van der Waals surface area contributed by atoms with Crippen molar-refractivity contribution in [3.63, 3.8) is 0 Å². The molecule has 0 spiro atoms. The summed E-state index contributed by atoms with van der Waals surface area (Å²) < 4.78 is 20.8. The number of methoxy groups -OCH3 is 3. The SMILES string of the molecule is CCOC(=O)CCCCNC(=O)CCc1cc(OC)c(OC)c(OC)c1. The molecule has 1 amide bonds. The summed E-state index contributed by atoms with van der Waals surface area (Å²) in [7, 11) is 4.67. The molecule has 0 heterocycles. The topological polar surface area (TPSA) is 83.1 Å². The maximum Gasteiger partial charge on any atom is 0.305 e. The van der Waals surface area contributed by atoms with Crippen molar-refractivity contribution in [2.45, 2.75) is 39.0 Å². The zero-order chi connectivity index (χ0) is 19.4. The van der Waals surface area contributed by atoms with Crippen molar-refractivity contribution in [1.29, 1.82) is 0 Å². The van der Waals surface area contributed by atoms with E-state index in [2.05, 4.69) is 5.32 Å². The molecule has 1 N–H and O–H groups in total. The lowest BCUT2D eigenvalue weighted by molar-refractivity contribution is -0.143. The van der Waals surface area contributed by atoms with Crippen LogP contribution in [0.1, 0.15) is 38.2 Å². The van der Waals surface area contributed by atoms with Gasteiger partial charge in [0.15, 0.2) is 11.5 Å². The van der Waals surface area contributed by atoms with E-state index in [1.54, 1.807) is 28.3 Å². The van der Waals surface area contributed by atoms with Crippen LogP contribution in [0.15, 0.2) is 12.1 Å². The number of hydrogen-bond donors (Lipinski definition) is 1. The first-order valence-electron chi connectivity index (χ1n) is 8.76. The van der Waals surface area contributed by atoms with E-state index < -0.39 is 0 Å². The standard InChI is InChI=1S/C19H29NO6/c1-5-26-18(22)8-6-7-11-20-17(21)10-9-14-12-15(23-2)19(25-4)16(13-14)24-3/h12-13H,5-11H2,1-4H3,(H,20,21). The van der Waals surface area contributed by atoms with Crippen LogP contribution in [-0.4, -0.2) is 46.4 Å². The lowest BCUT2D eigenvalue weighted by atomic mass is 10.1. The fourth-order valence-electron chi connectivity index (χ4n) is 2.48. The Bertz CT molecular complexity index is 562. The summed E-state index contributed by atoms with van der Waals surface area (Å²) in [4.78, 5) is 23.2. The van der Waals surface area contributed by atoms with Crippen molar-refractivity contribution in [2.75, 3.05) is 34.5 Å². The first kappa shape index (κ1) is 21.6. The maximum absolute atomic E-state index is 12.0. The molecule has 1 aromatic carbocycles. The number of aryl methyl sites for hydroxylation is 1. The van der Waals surface area contributed by atoms with Gasteiger partial charge < -0.3 is 24.3 Å². The van der Waals surface area contributed by atoms with Gasteiger partial charge in [0.1, 0.15) is 0 Å². The second kappa shape index (κ2) is 12.0. The normalized spacial score (nSPS) is 10.2. The van der Waals surface area contributed by atoms with Gasteiger partial charge in [-0.1, -0.05) is 0 Å². The number of nitrogens with one attached hydrogen (secondary N) is 1. The number of amides is 1. The number of carbonyl (C=O) groups is 2. The Morgan fingerprint density at radius 2 is 1.62 bits per heavy atom. The Morgan fingerprint density at radius 1 is 0.962 bits per heavy atom. The largest absolute Gasteiger partial charge is 0.493 e. The fraction of sp³-hybridized carbons (Fsp3) is 0.579. The highest BCUT2D eigenvalue weighted by Crippen LogP contribution is 2.38. The van der Waals surface area contributed by atoms with Gasteiger partial charge in [0, 0.05) is 19.4 Å². The Labute approximate surface area is 155 Å². The Kier molecular flexibility index (Phi) is 9.97. The third-order valence-electron chi connectivity index (χ3n) is 3.80. The lowest BCUT2D eigenvalue weighted by Gasteiger charge is -2.14. The number of hydrogen-bond acceptors (Lipinski definition) is 6. The van der Waals surface area contributed by atoms with Gasteiger partial charge in [0.05, 0.1) is 27.9 Å². The third kappa shape index (κ3) is 7.21. The first-order chi connectivity index (χ1) is 12.5. The molecule has 0 saturated carbocycles. The van der Waals surface area contributed by atoms with Gasteiger partial charge in [0.2, 0.25) is 11.7 Å². The van der Waals surface area contributed by atoms with E-state index in [0.717, 1.165) is 12.0 Å². The molecule has 7 heteroatoms. The molecule has 26 heavy (non-hydrogen) atoms. The first-order valence-corrected chi connectivity index (χ1v) is 8.76.